The van der Waals surface area contributed by atoms with Crippen molar-refractivity contribution in [1.82, 2.24) is 24.1 Å². The molecule has 0 bridgehead atoms. The molecule has 2 fully saturated rings. The van der Waals surface area contributed by atoms with Gasteiger partial charge in [0.25, 0.3) is 0 Å². The van der Waals surface area contributed by atoms with Crippen molar-refractivity contribution in [3.8, 4) is 17.1 Å². The van der Waals surface area contributed by atoms with E-state index in [4.69, 9.17) is 17.3 Å². The van der Waals surface area contributed by atoms with Gasteiger partial charge in [-0.3, -0.25) is 14.3 Å². The molecule has 5 rings (SSSR count). The normalized spacial score (nSPS) is 19.7. The predicted molar refractivity (Wildman–Crippen MR) is 137 cm³/mol. The summed E-state index contributed by atoms with van der Waals surface area (Å²) in [6.07, 6.45) is 4.06. The van der Waals surface area contributed by atoms with E-state index in [2.05, 4.69) is 16.7 Å². The van der Waals surface area contributed by atoms with Gasteiger partial charge in [0, 0.05) is 37.7 Å². The smallest absolute Gasteiger partial charge is 0.225 e. The number of halogens is 1. The van der Waals surface area contributed by atoms with Crippen LogP contribution in [0.15, 0.2) is 54.6 Å². The summed E-state index contributed by atoms with van der Waals surface area (Å²) in [7, 11) is 0. The van der Waals surface area contributed by atoms with E-state index in [-0.39, 0.29) is 11.7 Å². The zero-order chi connectivity index (χ0) is 24.4. The van der Waals surface area contributed by atoms with E-state index in [9.17, 15) is 9.18 Å². The number of carbonyl (C=O) groups excluding carboxylic acids is 1. The Bertz CT molecular complexity index is 1210. The average molecular weight is 494 g/mol. The highest BCUT2D eigenvalue weighted by Gasteiger charge is 2.31. The second-order valence-corrected chi connectivity index (χ2v) is 10.2. The maximum atomic E-state index is 13.6. The van der Waals surface area contributed by atoms with Crippen molar-refractivity contribution in [2.45, 2.75) is 39.3 Å². The molecule has 2 saturated heterocycles. The average Bonchev–Trinajstić information content (AvgIpc) is 3.21. The molecule has 2 aliphatic rings. The van der Waals surface area contributed by atoms with Crippen molar-refractivity contribution in [2.24, 2.45) is 11.8 Å². The number of carbonyl (C=O) groups is 1. The quantitative estimate of drug-likeness (QED) is 0.462. The highest BCUT2D eigenvalue weighted by atomic mass is 32.1. The maximum Gasteiger partial charge on any atom is 0.225 e. The van der Waals surface area contributed by atoms with Crippen LogP contribution in [-0.2, 0) is 11.5 Å². The molecule has 1 atom stereocenters. The molecule has 8 heteroatoms. The van der Waals surface area contributed by atoms with E-state index in [0.29, 0.717) is 23.3 Å². The Morgan fingerprint density at radius 1 is 1.03 bits per heavy atom. The second kappa shape index (κ2) is 10.4. The number of aromatic nitrogens is 3. The van der Waals surface area contributed by atoms with Crippen LogP contribution < -0.4 is 0 Å². The first-order valence-corrected chi connectivity index (χ1v) is 12.9. The molecule has 0 spiro atoms. The fourth-order valence-electron chi connectivity index (χ4n) is 5.26. The summed E-state index contributed by atoms with van der Waals surface area (Å²) in [6.45, 7) is 6.28. The summed E-state index contributed by atoms with van der Waals surface area (Å²) in [5.74, 6) is 1.49. The van der Waals surface area contributed by atoms with Crippen LogP contribution >= 0.6 is 12.2 Å². The van der Waals surface area contributed by atoms with E-state index in [1.54, 1.807) is 12.1 Å². The van der Waals surface area contributed by atoms with Gasteiger partial charge in [-0.05, 0) is 68.1 Å². The Morgan fingerprint density at radius 2 is 1.74 bits per heavy atom. The number of nitrogens with zero attached hydrogens (tertiary/aromatic N) is 5. The Hall–Kier alpha value is -2.84. The molecule has 0 saturated carbocycles. The predicted octanol–water partition coefficient (Wildman–Crippen LogP) is 5.14. The van der Waals surface area contributed by atoms with Crippen LogP contribution in [0.1, 0.15) is 32.6 Å². The zero-order valence-electron chi connectivity index (χ0n) is 20.1. The molecular weight excluding hydrogens is 461 g/mol. The molecular formula is C27H32FN5OS. The third-order valence-electron chi connectivity index (χ3n) is 7.20. The molecule has 3 aromatic rings. The Kier molecular flexibility index (Phi) is 7.11. The van der Waals surface area contributed by atoms with Crippen molar-refractivity contribution < 1.29 is 9.18 Å². The first kappa shape index (κ1) is 23.9. The van der Waals surface area contributed by atoms with Crippen LogP contribution in [0.25, 0.3) is 17.1 Å². The number of hydrogen-bond donors (Lipinski definition) is 0. The lowest BCUT2D eigenvalue weighted by Gasteiger charge is -2.37. The van der Waals surface area contributed by atoms with E-state index < -0.39 is 0 Å². The molecule has 0 aliphatic carbocycles. The van der Waals surface area contributed by atoms with Crippen LogP contribution in [0.2, 0.25) is 0 Å². The summed E-state index contributed by atoms with van der Waals surface area (Å²) in [6, 6.07) is 16.2. The number of hydrogen-bond acceptors (Lipinski definition) is 4. The molecule has 184 valence electrons. The fourth-order valence-corrected chi connectivity index (χ4v) is 5.55. The van der Waals surface area contributed by atoms with Crippen LogP contribution in [-0.4, -0.2) is 56.2 Å². The first-order chi connectivity index (χ1) is 17.0. The molecule has 35 heavy (non-hydrogen) atoms. The van der Waals surface area contributed by atoms with Gasteiger partial charge in [0.05, 0.1) is 12.4 Å². The highest BCUT2D eigenvalue weighted by molar-refractivity contribution is 7.71. The minimum atomic E-state index is -0.287. The molecule has 1 amide bonds. The number of likely N-dealkylation sites (tertiary alicyclic amines) is 2. The Morgan fingerprint density at radius 3 is 2.43 bits per heavy atom. The molecule has 2 aliphatic heterocycles. The minimum absolute atomic E-state index is 0.112. The summed E-state index contributed by atoms with van der Waals surface area (Å²) >= 11 is 5.84. The number of rotatable bonds is 5. The van der Waals surface area contributed by atoms with Crippen molar-refractivity contribution in [2.75, 3.05) is 26.2 Å². The molecule has 0 radical (unpaired) electrons. The Labute approximate surface area is 211 Å². The first-order valence-electron chi connectivity index (χ1n) is 12.5. The molecule has 1 unspecified atom stereocenters. The summed E-state index contributed by atoms with van der Waals surface area (Å²) in [5, 5.41) is 4.87. The van der Waals surface area contributed by atoms with Gasteiger partial charge in [0.1, 0.15) is 5.82 Å². The molecule has 1 aromatic heterocycles. The van der Waals surface area contributed by atoms with Gasteiger partial charge in [0.2, 0.25) is 10.7 Å². The summed E-state index contributed by atoms with van der Waals surface area (Å²) < 4.78 is 17.9. The van der Waals surface area contributed by atoms with Crippen molar-refractivity contribution in [1.29, 1.82) is 0 Å². The lowest BCUT2D eigenvalue weighted by molar-refractivity contribution is -0.139. The molecule has 6 nitrogen and oxygen atoms in total. The van der Waals surface area contributed by atoms with Gasteiger partial charge >= 0.3 is 0 Å². The Balaban J connectivity index is 1.32. The topological polar surface area (TPSA) is 46.3 Å². The maximum absolute atomic E-state index is 13.6. The summed E-state index contributed by atoms with van der Waals surface area (Å²) in [4.78, 5) is 17.4. The number of benzene rings is 2. The van der Waals surface area contributed by atoms with E-state index in [1.807, 2.05) is 39.6 Å². The van der Waals surface area contributed by atoms with E-state index in [1.165, 1.54) is 18.6 Å². The van der Waals surface area contributed by atoms with Gasteiger partial charge in [-0.1, -0.05) is 37.3 Å². The highest BCUT2D eigenvalue weighted by Crippen LogP contribution is 2.26. The monoisotopic (exact) mass is 493 g/mol. The van der Waals surface area contributed by atoms with E-state index in [0.717, 1.165) is 62.5 Å². The lowest BCUT2D eigenvalue weighted by Crippen LogP contribution is -2.46. The van der Waals surface area contributed by atoms with Crippen LogP contribution in [0.3, 0.4) is 0 Å². The van der Waals surface area contributed by atoms with Crippen LogP contribution in [0.4, 0.5) is 4.39 Å². The van der Waals surface area contributed by atoms with Gasteiger partial charge in [-0.25, -0.2) is 9.07 Å². The van der Waals surface area contributed by atoms with Gasteiger partial charge in [-0.15, -0.1) is 5.10 Å². The van der Waals surface area contributed by atoms with Gasteiger partial charge in [0.15, 0.2) is 5.82 Å². The van der Waals surface area contributed by atoms with E-state index >= 15 is 0 Å². The van der Waals surface area contributed by atoms with Crippen molar-refractivity contribution >= 4 is 18.1 Å². The second-order valence-electron chi connectivity index (χ2n) is 9.85. The zero-order valence-corrected chi connectivity index (χ0v) is 21.0. The van der Waals surface area contributed by atoms with Crippen molar-refractivity contribution in [3.05, 3.63) is 65.2 Å². The third kappa shape index (κ3) is 5.23. The minimum Gasteiger partial charge on any atom is -0.342 e. The van der Waals surface area contributed by atoms with Crippen molar-refractivity contribution in [3.63, 3.8) is 0 Å². The largest absolute Gasteiger partial charge is 0.342 e. The van der Waals surface area contributed by atoms with Gasteiger partial charge < -0.3 is 4.90 Å². The lowest BCUT2D eigenvalue weighted by atomic mass is 9.93. The number of piperidine rings is 2. The molecule has 0 N–H and O–H groups in total. The fraction of sp³-hybridized carbons (Fsp3) is 0.444. The SMILES string of the molecule is CC1CCCN(C(=O)C2CCN(Cn3nc(-c4ccccc4)n(-c4ccc(F)cc4)c3=S)CC2)C1. The standard InChI is InChI=1S/C27H32FN5OS/c1-20-6-5-15-31(18-20)26(34)22-13-16-30(17-14-22)19-32-27(35)33(24-11-9-23(28)10-12-24)25(29-32)21-7-3-2-4-8-21/h2-4,7-12,20,22H,5-6,13-19H2,1H3. The third-order valence-corrected chi connectivity index (χ3v) is 7.59. The molecule has 2 aromatic carbocycles. The summed E-state index contributed by atoms with van der Waals surface area (Å²) in [5.41, 5.74) is 1.73. The number of amides is 1. The van der Waals surface area contributed by atoms with Crippen LogP contribution in [0, 0.1) is 22.4 Å². The van der Waals surface area contributed by atoms with Gasteiger partial charge in [-0.2, -0.15) is 0 Å². The molecule has 3 heterocycles. The van der Waals surface area contributed by atoms with Crippen LogP contribution in [0.5, 0.6) is 0 Å².